The van der Waals surface area contributed by atoms with Crippen LogP contribution in [0.2, 0.25) is 0 Å². The molecular weight excluding hydrogens is 311 g/mol. The number of nitrogens with one attached hydrogen (secondary N) is 2. The van der Waals surface area contributed by atoms with E-state index >= 15 is 0 Å². The third-order valence-electron chi connectivity index (χ3n) is 2.75. The molecule has 22 heavy (non-hydrogen) atoms. The first-order valence-electron chi connectivity index (χ1n) is 6.14. The van der Waals surface area contributed by atoms with Gasteiger partial charge in [0.1, 0.15) is 0 Å². The van der Waals surface area contributed by atoms with E-state index in [9.17, 15) is 13.2 Å². The fourth-order valence-electron chi connectivity index (χ4n) is 1.75. The van der Waals surface area contributed by atoms with E-state index in [1.165, 1.54) is 18.2 Å². The molecule has 112 valence electrons. The zero-order valence-electron chi connectivity index (χ0n) is 11.1. The van der Waals surface area contributed by atoms with Crippen LogP contribution in [0.3, 0.4) is 0 Å². The Kier molecular flexibility index (Phi) is 4.63. The second kappa shape index (κ2) is 6.45. The summed E-state index contributed by atoms with van der Waals surface area (Å²) in [6.07, 6.45) is -4.46. The number of alkyl halides is 3. The molecule has 0 saturated heterocycles. The third-order valence-corrected chi connectivity index (χ3v) is 2.96. The Balaban J connectivity index is 2.11. The maximum absolute atomic E-state index is 12.9. The lowest BCUT2D eigenvalue weighted by Crippen LogP contribution is -2.21. The summed E-state index contributed by atoms with van der Waals surface area (Å²) in [5.41, 5.74) is 0.132. The van der Waals surface area contributed by atoms with Crippen LogP contribution in [-0.2, 0) is 6.18 Å². The first-order chi connectivity index (χ1) is 10.4. The van der Waals surface area contributed by atoms with Gasteiger partial charge in [0.25, 0.3) is 0 Å². The van der Waals surface area contributed by atoms with Crippen molar-refractivity contribution in [3.8, 4) is 6.07 Å². The van der Waals surface area contributed by atoms with Crippen LogP contribution in [0.4, 0.5) is 24.5 Å². The zero-order chi connectivity index (χ0) is 16.2. The molecule has 0 heterocycles. The first-order valence-corrected chi connectivity index (χ1v) is 6.55. The Labute approximate surface area is 130 Å². The van der Waals surface area contributed by atoms with Crippen molar-refractivity contribution in [1.29, 1.82) is 5.26 Å². The molecule has 0 atom stereocenters. The minimum absolute atomic E-state index is 0.0291. The normalized spacial score (nSPS) is 10.6. The van der Waals surface area contributed by atoms with Crippen molar-refractivity contribution < 1.29 is 13.2 Å². The molecule has 0 aliphatic rings. The van der Waals surface area contributed by atoms with Gasteiger partial charge in [0, 0.05) is 5.69 Å². The molecule has 7 heteroatoms. The minimum Gasteiger partial charge on any atom is -0.332 e. The molecule has 2 aromatic carbocycles. The molecule has 0 fully saturated rings. The second-order valence-electron chi connectivity index (χ2n) is 4.31. The van der Waals surface area contributed by atoms with Crippen LogP contribution in [0.25, 0.3) is 0 Å². The van der Waals surface area contributed by atoms with Crippen LogP contribution in [0, 0.1) is 11.3 Å². The molecular formula is C15H10F3N3S. The van der Waals surface area contributed by atoms with Gasteiger partial charge in [-0.1, -0.05) is 12.1 Å². The Morgan fingerprint density at radius 2 is 1.64 bits per heavy atom. The summed E-state index contributed by atoms with van der Waals surface area (Å²) in [7, 11) is 0. The average Bonchev–Trinajstić information content (AvgIpc) is 2.47. The van der Waals surface area contributed by atoms with Gasteiger partial charge in [0.15, 0.2) is 5.11 Å². The topological polar surface area (TPSA) is 47.9 Å². The van der Waals surface area contributed by atoms with Crippen molar-refractivity contribution in [3.63, 3.8) is 0 Å². The SMILES string of the molecule is N#Cc1ccc(NC(=S)Nc2ccccc2C(F)(F)F)cc1. The fourth-order valence-corrected chi connectivity index (χ4v) is 1.98. The molecule has 0 spiro atoms. The summed E-state index contributed by atoms with van der Waals surface area (Å²) >= 11 is 5.01. The number of anilines is 2. The van der Waals surface area contributed by atoms with Gasteiger partial charge in [-0.25, -0.2) is 0 Å². The molecule has 3 nitrogen and oxygen atoms in total. The van der Waals surface area contributed by atoms with Crippen molar-refractivity contribution >= 4 is 28.7 Å². The summed E-state index contributed by atoms with van der Waals surface area (Å²) in [6.45, 7) is 0. The van der Waals surface area contributed by atoms with E-state index in [4.69, 9.17) is 17.5 Å². The van der Waals surface area contributed by atoms with E-state index in [0.717, 1.165) is 6.07 Å². The molecule has 0 aliphatic carbocycles. The van der Waals surface area contributed by atoms with Gasteiger partial charge in [-0.15, -0.1) is 0 Å². The van der Waals surface area contributed by atoms with Crippen LogP contribution in [0.1, 0.15) is 11.1 Å². The van der Waals surface area contributed by atoms with Crippen LogP contribution in [0.5, 0.6) is 0 Å². The largest absolute Gasteiger partial charge is 0.418 e. The van der Waals surface area contributed by atoms with Gasteiger partial charge in [-0.05, 0) is 48.6 Å². The smallest absolute Gasteiger partial charge is 0.332 e. The van der Waals surface area contributed by atoms with Gasteiger partial charge in [-0.3, -0.25) is 0 Å². The molecule has 0 amide bonds. The molecule has 0 radical (unpaired) electrons. The predicted octanol–water partition coefficient (Wildman–Crippen LogP) is 4.39. The van der Waals surface area contributed by atoms with Crippen molar-refractivity contribution in [2.45, 2.75) is 6.18 Å². The molecule has 0 bridgehead atoms. The number of halogens is 3. The highest BCUT2D eigenvalue weighted by Crippen LogP contribution is 2.34. The standard InChI is InChI=1S/C15H10F3N3S/c16-15(17,18)12-3-1-2-4-13(12)21-14(22)20-11-7-5-10(9-19)6-8-11/h1-8H,(H2,20,21,22). The average molecular weight is 321 g/mol. The maximum atomic E-state index is 12.9. The lowest BCUT2D eigenvalue weighted by molar-refractivity contribution is -0.136. The van der Waals surface area contributed by atoms with Crippen LogP contribution < -0.4 is 10.6 Å². The Bertz CT molecular complexity index is 718. The van der Waals surface area contributed by atoms with Crippen molar-refractivity contribution in [3.05, 3.63) is 59.7 Å². The van der Waals surface area contributed by atoms with Gasteiger partial charge < -0.3 is 10.6 Å². The summed E-state index contributed by atoms with van der Waals surface area (Å²) in [5.74, 6) is 0. The summed E-state index contributed by atoms with van der Waals surface area (Å²) in [6, 6.07) is 13.4. The summed E-state index contributed by atoms with van der Waals surface area (Å²) < 4.78 is 38.6. The van der Waals surface area contributed by atoms with Crippen LogP contribution in [-0.4, -0.2) is 5.11 Å². The van der Waals surface area contributed by atoms with E-state index in [-0.39, 0.29) is 10.8 Å². The van der Waals surface area contributed by atoms with E-state index in [1.807, 2.05) is 6.07 Å². The quantitative estimate of drug-likeness (QED) is 0.806. The van der Waals surface area contributed by atoms with E-state index < -0.39 is 11.7 Å². The van der Waals surface area contributed by atoms with Gasteiger partial charge in [0.2, 0.25) is 0 Å². The summed E-state index contributed by atoms with van der Waals surface area (Å²) in [5, 5.41) is 14.0. The van der Waals surface area contributed by atoms with Gasteiger partial charge in [-0.2, -0.15) is 18.4 Å². The Hall–Kier alpha value is -2.59. The van der Waals surface area contributed by atoms with E-state index in [1.54, 1.807) is 24.3 Å². The number of nitrogens with zero attached hydrogens (tertiary/aromatic N) is 1. The maximum Gasteiger partial charge on any atom is 0.418 e. The fraction of sp³-hybridized carbons (Fsp3) is 0.0667. The van der Waals surface area contributed by atoms with E-state index in [0.29, 0.717) is 11.3 Å². The molecule has 0 saturated carbocycles. The molecule has 0 unspecified atom stereocenters. The number of benzene rings is 2. The molecule has 2 aromatic rings. The lowest BCUT2D eigenvalue weighted by atomic mass is 10.1. The van der Waals surface area contributed by atoms with Gasteiger partial charge in [0.05, 0.1) is 22.9 Å². The number of thiocarbonyl (C=S) groups is 1. The molecule has 2 rings (SSSR count). The summed E-state index contributed by atoms with van der Waals surface area (Å²) in [4.78, 5) is 0. The molecule has 0 aromatic heterocycles. The van der Waals surface area contributed by atoms with E-state index in [2.05, 4.69) is 10.6 Å². The highest BCUT2D eigenvalue weighted by atomic mass is 32.1. The first kappa shape index (κ1) is 15.8. The highest BCUT2D eigenvalue weighted by Gasteiger charge is 2.33. The van der Waals surface area contributed by atoms with Crippen LogP contribution >= 0.6 is 12.2 Å². The number of hydrogen-bond acceptors (Lipinski definition) is 2. The lowest BCUT2D eigenvalue weighted by Gasteiger charge is -2.15. The Morgan fingerprint density at radius 3 is 2.23 bits per heavy atom. The van der Waals surface area contributed by atoms with Crippen LogP contribution in [0.15, 0.2) is 48.5 Å². The number of hydrogen-bond donors (Lipinski definition) is 2. The third kappa shape index (κ3) is 3.96. The highest BCUT2D eigenvalue weighted by molar-refractivity contribution is 7.80. The van der Waals surface area contributed by atoms with Crippen molar-refractivity contribution in [2.75, 3.05) is 10.6 Å². The number of para-hydroxylation sites is 1. The van der Waals surface area contributed by atoms with Crippen molar-refractivity contribution in [2.24, 2.45) is 0 Å². The molecule has 0 aliphatic heterocycles. The molecule has 2 N–H and O–H groups in total. The number of nitriles is 1. The van der Waals surface area contributed by atoms with Gasteiger partial charge >= 0.3 is 6.18 Å². The number of rotatable bonds is 2. The minimum atomic E-state index is -4.46. The Morgan fingerprint density at radius 1 is 1.00 bits per heavy atom. The zero-order valence-corrected chi connectivity index (χ0v) is 11.9. The predicted molar refractivity (Wildman–Crippen MR) is 82.4 cm³/mol. The monoisotopic (exact) mass is 321 g/mol. The second-order valence-corrected chi connectivity index (χ2v) is 4.72. The van der Waals surface area contributed by atoms with Crippen molar-refractivity contribution in [1.82, 2.24) is 0 Å².